The van der Waals surface area contributed by atoms with Crippen LogP contribution in [0.25, 0.3) is 6.08 Å². The fourth-order valence-corrected chi connectivity index (χ4v) is 5.36. The van der Waals surface area contributed by atoms with E-state index in [1.807, 2.05) is 30.4 Å². The Bertz CT molecular complexity index is 1040. The molecular formula is C24H23N3OS. The lowest BCUT2D eigenvalue weighted by Gasteiger charge is -2.28. The normalized spacial score (nSPS) is 18.8. The van der Waals surface area contributed by atoms with E-state index in [4.69, 9.17) is 0 Å². The van der Waals surface area contributed by atoms with E-state index >= 15 is 0 Å². The van der Waals surface area contributed by atoms with Crippen molar-refractivity contribution in [1.82, 2.24) is 10.2 Å². The summed E-state index contributed by atoms with van der Waals surface area (Å²) in [5, 5.41) is 7.59. The first kappa shape index (κ1) is 18.2. The third-order valence-electron chi connectivity index (χ3n) is 5.47. The molecule has 0 saturated heterocycles. The molecule has 4 nitrogen and oxygen atoms in total. The van der Waals surface area contributed by atoms with Crippen LogP contribution in [0.1, 0.15) is 31.9 Å². The molecule has 1 amide bonds. The van der Waals surface area contributed by atoms with Gasteiger partial charge in [0.25, 0.3) is 5.91 Å². The van der Waals surface area contributed by atoms with Gasteiger partial charge in [-0.3, -0.25) is 9.69 Å². The second-order valence-corrected chi connectivity index (χ2v) is 8.62. The van der Waals surface area contributed by atoms with Crippen LogP contribution in [0.5, 0.6) is 0 Å². The fourth-order valence-electron chi connectivity index (χ4n) is 4.03. The van der Waals surface area contributed by atoms with Crippen molar-refractivity contribution in [3.05, 3.63) is 93.9 Å². The van der Waals surface area contributed by atoms with E-state index in [1.165, 1.54) is 16.0 Å². The van der Waals surface area contributed by atoms with Crippen molar-refractivity contribution in [1.29, 1.82) is 0 Å². The van der Waals surface area contributed by atoms with Crippen LogP contribution in [0.2, 0.25) is 0 Å². The Balaban J connectivity index is 1.32. The van der Waals surface area contributed by atoms with Crippen molar-refractivity contribution < 1.29 is 4.79 Å². The molecular weight excluding hydrogens is 378 g/mol. The maximum absolute atomic E-state index is 12.8. The number of nitrogens with one attached hydrogen (secondary N) is 2. The number of carbonyl (C=O) groups excluding carboxylic acids is 1. The summed E-state index contributed by atoms with van der Waals surface area (Å²) < 4.78 is 0. The predicted molar refractivity (Wildman–Crippen MR) is 119 cm³/mol. The van der Waals surface area contributed by atoms with Crippen molar-refractivity contribution in [3.8, 4) is 0 Å². The molecule has 1 atom stereocenters. The van der Waals surface area contributed by atoms with Gasteiger partial charge in [0.2, 0.25) is 0 Å². The predicted octanol–water partition coefficient (Wildman–Crippen LogP) is 4.50. The first-order valence-corrected chi connectivity index (χ1v) is 10.8. The van der Waals surface area contributed by atoms with Crippen LogP contribution in [-0.4, -0.2) is 23.5 Å². The quantitative estimate of drug-likeness (QED) is 0.676. The van der Waals surface area contributed by atoms with Gasteiger partial charge in [0.15, 0.2) is 0 Å². The minimum Gasteiger partial charge on any atom is -0.353 e. The maximum Gasteiger partial charge on any atom is 0.256 e. The van der Waals surface area contributed by atoms with Gasteiger partial charge in [-0.15, -0.1) is 11.3 Å². The molecule has 2 aliphatic heterocycles. The zero-order valence-electron chi connectivity index (χ0n) is 16.1. The SMILES string of the molecule is O=C1N[C@H](/C=C\c2ccccc2)Nc2sc3c(c21)CCN(Cc1ccccc1)C3. The third kappa shape index (κ3) is 3.84. The van der Waals surface area contributed by atoms with Gasteiger partial charge in [0.1, 0.15) is 11.2 Å². The van der Waals surface area contributed by atoms with Gasteiger partial charge in [-0.2, -0.15) is 0 Å². The summed E-state index contributed by atoms with van der Waals surface area (Å²) in [5.41, 5.74) is 4.54. The smallest absolute Gasteiger partial charge is 0.256 e. The fraction of sp³-hybridized carbons (Fsp3) is 0.208. The molecule has 1 aromatic heterocycles. The number of hydrogen-bond donors (Lipinski definition) is 2. The van der Waals surface area contributed by atoms with Crippen molar-refractivity contribution in [3.63, 3.8) is 0 Å². The summed E-state index contributed by atoms with van der Waals surface area (Å²) >= 11 is 1.73. The number of amides is 1. The van der Waals surface area contributed by atoms with Crippen LogP contribution >= 0.6 is 11.3 Å². The van der Waals surface area contributed by atoms with E-state index in [0.717, 1.165) is 42.2 Å². The third-order valence-corrected chi connectivity index (χ3v) is 6.61. The van der Waals surface area contributed by atoms with Gasteiger partial charge < -0.3 is 10.6 Å². The van der Waals surface area contributed by atoms with E-state index in [0.29, 0.717) is 0 Å². The Hall–Kier alpha value is -2.89. The second-order valence-electron chi connectivity index (χ2n) is 7.52. The molecule has 0 spiro atoms. The Morgan fingerprint density at radius 3 is 2.59 bits per heavy atom. The molecule has 0 fully saturated rings. The summed E-state index contributed by atoms with van der Waals surface area (Å²) in [6, 6.07) is 20.7. The minimum absolute atomic E-state index is 0.0375. The standard InChI is InChI=1S/C24H23N3OS/c28-23-22-19-13-14-27(15-18-9-5-2-6-10-18)16-20(19)29-24(22)26-21(25-23)12-11-17-7-3-1-4-8-17/h1-12,21,26H,13-16H2,(H,25,28)/b12-11-/t21-/m0/s1. The molecule has 0 unspecified atom stereocenters. The highest BCUT2D eigenvalue weighted by Gasteiger charge is 2.32. The van der Waals surface area contributed by atoms with E-state index in [2.05, 4.69) is 58.0 Å². The van der Waals surface area contributed by atoms with Crippen molar-refractivity contribution >= 4 is 28.3 Å². The zero-order chi connectivity index (χ0) is 19.6. The average Bonchev–Trinajstić information content (AvgIpc) is 3.12. The minimum atomic E-state index is -0.185. The van der Waals surface area contributed by atoms with Gasteiger partial charge in [-0.1, -0.05) is 66.7 Å². The largest absolute Gasteiger partial charge is 0.353 e. The van der Waals surface area contributed by atoms with Gasteiger partial charge in [-0.25, -0.2) is 0 Å². The highest BCUT2D eigenvalue weighted by Crippen LogP contribution is 2.39. The van der Waals surface area contributed by atoms with Crippen LogP contribution in [0, 0.1) is 0 Å². The molecule has 3 heterocycles. The number of rotatable bonds is 4. The molecule has 0 aliphatic carbocycles. The summed E-state index contributed by atoms with van der Waals surface area (Å²) in [5.74, 6) is 0.0375. The van der Waals surface area contributed by atoms with E-state index < -0.39 is 0 Å². The van der Waals surface area contributed by atoms with Crippen LogP contribution in [-0.2, 0) is 19.5 Å². The number of thiophene rings is 1. The first-order valence-electron chi connectivity index (χ1n) is 9.98. The van der Waals surface area contributed by atoms with Gasteiger partial charge >= 0.3 is 0 Å². The molecule has 2 aromatic carbocycles. The molecule has 5 rings (SSSR count). The average molecular weight is 402 g/mol. The lowest BCUT2D eigenvalue weighted by Crippen LogP contribution is -2.43. The van der Waals surface area contributed by atoms with Crippen molar-refractivity contribution in [2.75, 3.05) is 11.9 Å². The molecule has 3 aromatic rings. The van der Waals surface area contributed by atoms with Crippen molar-refractivity contribution in [2.45, 2.75) is 25.7 Å². The van der Waals surface area contributed by atoms with Gasteiger partial charge in [0.05, 0.1) is 5.56 Å². The van der Waals surface area contributed by atoms with Crippen LogP contribution in [0.15, 0.2) is 66.7 Å². The number of carbonyl (C=O) groups is 1. The number of anilines is 1. The topological polar surface area (TPSA) is 44.4 Å². The molecule has 0 saturated carbocycles. The van der Waals surface area contributed by atoms with Gasteiger partial charge in [0, 0.05) is 24.5 Å². The maximum atomic E-state index is 12.8. The number of hydrogen-bond acceptors (Lipinski definition) is 4. The lowest BCUT2D eigenvalue weighted by atomic mass is 10.0. The van der Waals surface area contributed by atoms with Crippen molar-refractivity contribution in [2.24, 2.45) is 0 Å². The monoisotopic (exact) mass is 401 g/mol. The highest BCUT2D eigenvalue weighted by molar-refractivity contribution is 7.16. The first-order chi connectivity index (χ1) is 14.3. The Labute approximate surface area is 174 Å². The van der Waals surface area contributed by atoms with Crippen LogP contribution in [0.3, 0.4) is 0 Å². The van der Waals surface area contributed by atoms with Crippen LogP contribution in [0.4, 0.5) is 5.00 Å². The summed E-state index contributed by atoms with van der Waals surface area (Å²) in [4.78, 5) is 16.6. The van der Waals surface area contributed by atoms with Crippen LogP contribution < -0.4 is 10.6 Å². The summed E-state index contributed by atoms with van der Waals surface area (Å²) in [7, 11) is 0. The molecule has 0 bridgehead atoms. The summed E-state index contributed by atoms with van der Waals surface area (Å²) in [6.45, 7) is 2.84. The summed E-state index contributed by atoms with van der Waals surface area (Å²) in [6.07, 6.45) is 4.79. The lowest BCUT2D eigenvalue weighted by molar-refractivity contribution is 0.0942. The van der Waals surface area contributed by atoms with Gasteiger partial charge in [-0.05, 0) is 29.2 Å². The molecule has 5 heteroatoms. The molecule has 146 valence electrons. The highest BCUT2D eigenvalue weighted by atomic mass is 32.1. The molecule has 2 N–H and O–H groups in total. The Morgan fingerprint density at radius 1 is 1.03 bits per heavy atom. The number of fused-ring (bicyclic) bond motifs is 3. The van der Waals surface area contributed by atoms with E-state index in [1.54, 1.807) is 11.3 Å². The van der Waals surface area contributed by atoms with E-state index in [9.17, 15) is 4.79 Å². The Kier molecular flexibility index (Phi) is 4.92. The Morgan fingerprint density at radius 2 is 1.79 bits per heavy atom. The molecule has 0 radical (unpaired) electrons. The number of benzene rings is 2. The van der Waals surface area contributed by atoms with E-state index in [-0.39, 0.29) is 12.1 Å². The molecule has 2 aliphatic rings. The zero-order valence-corrected chi connectivity index (χ0v) is 16.9. The molecule has 29 heavy (non-hydrogen) atoms. The second kappa shape index (κ2) is 7.85. The number of nitrogens with zero attached hydrogens (tertiary/aromatic N) is 1.